The largest absolute Gasteiger partial charge is 0.361 e. The van der Waals surface area contributed by atoms with Crippen LogP contribution in [0.3, 0.4) is 0 Å². The Morgan fingerprint density at radius 2 is 2.00 bits per heavy atom. The maximum atomic E-state index is 13.7. The van der Waals surface area contributed by atoms with Crippen molar-refractivity contribution in [3.05, 3.63) is 54.5 Å². The van der Waals surface area contributed by atoms with E-state index in [1.165, 1.54) is 12.1 Å². The zero-order chi connectivity index (χ0) is 19.0. The molecule has 2 heterocycles. The standard InChI is InChI=1S/C21H24FN3OSi/c1-27(2,3)12-11-26-14-25-20-8-7-15(22)13-19(20)24-21(25)17-5-4-6-18-16(17)9-10-23-18/h4-10,13,23H,11-12,14H2,1-3H3. The Balaban J connectivity index is 1.76. The molecule has 6 heteroatoms. The van der Waals surface area contributed by atoms with Gasteiger partial charge in [-0.05, 0) is 30.3 Å². The molecule has 0 bridgehead atoms. The first-order valence-corrected chi connectivity index (χ1v) is 12.9. The van der Waals surface area contributed by atoms with Crippen LogP contribution in [0.5, 0.6) is 0 Å². The Kier molecular flexibility index (Phi) is 4.61. The van der Waals surface area contributed by atoms with Gasteiger partial charge >= 0.3 is 0 Å². The summed E-state index contributed by atoms with van der Waals surface area (Å²) in [5.41, 5.74) is 3.59. The highest BCUT2D eigenvalue weighted by molar-refractivity contribution is 6.76. The van der Waals surface area contributed by atoms with Crippen LogP contribution in [-0.4, -0.2) is 29.2 Å². The molecule has 0 saturated heterocycles. The van der Waals surface area contributed by atoms with E-state index in [0.29, 0.717) is 12.2 Å². The second-order valence-electron chi connectivity index (χ2n) is 8.09. The quantitative estimate of drug-likeness (QED) is 0.347. The van der Waals surface area contributed by atoms with E-state index in [9.17, 15) is 4.39 Å². The van der Waals surface area contributed by atoms with Gasteiger partial charge in [0.05, 0.1) is 11.0 Å². The molecule has 4 aromatic rings. The van der Waals surface area contributed by atoms with Crippen LogP contribution in [0.15, 0.2) is 48.7 Å². The van der Waals surface area contributed by atoms with Gasteiger partial charge in [-0.25, -0.2) is 9.37 Å². The van der Waals surface area contributed by atoms with Crippen LogP contribution in [0.2, 0.25) is 25.7 Å². The van der Waals surface area contributed by atoms with Crippen molar-refractivity contribution in [3.63, 3.8) is 0 Å². The average molecular weight is 382 g/mol. The predicted molar refractivity (Wildman–Crippen MR) is 111 cm³/mol. The Bertz CT molecular complexity index is 1090. The van der Waals surface area contributed by atoms with E-state index < -0.39 is 8.07 Å². The molecule has 0 saturated carbocycles. The summed E-state index contributed by atoms with van der Waals surface area (Å²) in [5.74, 6) is 0.520. The molecule has 0 aliphatic heterocycles. The summed E-state index contributed by atoms with van der Waals surface area (Å²) >= 11 is 0. The van der Waals surface area contributed by atoms with Gasteiger partial charge in [0.2, 0.25) is 0 Å². The highest BCUT2D eigenvalue weighted by Gasteiger charge is 2.17. The highest BCUT2D eigenvalue weighted by Crippen LogP contribution is 2.31. The lowest BCUT2D eigenvalue weighted by atomic mass is 10.1. The average Bonchev–Trinajstić information content (AvgIpc) is 3.21. The summed E-state index contributed by atoms with van der Waals surface area (Å²) < 4.78 is 21.8. The second-order valence-corrected chi connectivity index (χ2v) is 13.7. The Labute approximate surface area is 159 Å². The SMILES string of the molecule is C[Si](C)(C)CCOCn1c(-c2cccc3[nH]ccc23)nc2cc(F)ccc21. The number of benzene rings is 2. The number of aromatic nitrogens is 3. The van der Waals surface area contributed by atoms with E-state index in [1.807, 2.05) is 35.0 Å². The van der Waals surface area contributed by atoms with Gasteiger partial charge in [-0.15, -0.1) is 0 Å². The first-order chi connectivity index (χ1) is 12.9. The molecule has 4 rings (SSSR count). The summed E-state index contributed by atoms with van der Waals surface area (Å²) in [7, 11) is -1.15. The molecule has 0 aliphatic carbocycles. The van der Waals surface area contributed by atoms with Gasteiger partial charge < -0.3 is 9.72 Å². The number of halogens is 1. The first-order valence-electron chi connectivity index (χ1n) is 9.22. The maximum absolute atomic E-state index is 13.7. The van der Waals surface area contributed by atoms with Crippen LogP contribution >= 0.6 is 0 Å². The minimum Gasteiger partial charge on any atom is -0.361 e. The van der Waals surface area contributed by atoms with Crippen molar-refractivity contribution in [1.82, 2.24) is 14.5 Å². The van der Waals surface area contributed by atoms with Crippen LogP contribution in [0, 0.1) is 5.82 Å². The number of ether oxygens (including phenoxy) is 1. The van der Waals surface area contributed by atoms with Gasteiger partial charge in [0.1, 0.15) is 18.4 Å². The molecule has 2 aromatic carbocycles. The molecule has 4 nitrogen and oxygen atoms in total. The number of aromatic amines is 1. The molecule has 2 aromatic heterocycles. The third kappa shape index (κ3) is 3.68. The van der Waals surface area contributed by atoms with Crippen LogP contribution in [0.25, 0.3) is 33.3 Å². The Morgan fingerprint density at radius 1 is 1.15 bits per heavy atom. The molecule has 140 valence electrons. The number of nitrogens with zero attached hydrogens (tertiary/aromatic N) is 2. The topological polar surface area (TPSA) is 42.8 Å². The number of nitrogens with one attached hydrogen (secondary N) is 1. The normalized spacial score (nSPS) is 12.3. The van der Waals surface area contributed by atoms with Crippen molar-refractivity contribution in [2.45, 2.75) is 32.4 Å². The summed E-state index contributed by atoms with van der Waals surface area (Å²) in [6.07, 6.45) is 1.92. The lowest BCUT2D eigenvalue weighted by Gasteiger charge is -2.16. The van der Waals surface area contributed by atoms with E-state index >= 15 is 0 Å². The number of hydrogen-bond donors (Lipinski definition) is 1. The van der Waals surface area contributed by atoms with Gasteiger partial charge in [0, 0.05) is 43.4 Å². The fourth-order valence-electron chi connectivity index (χ4n) is 3.25. The summed E-state index contributed by atoms with van der Waals surface area (Å²) in [5, 5.41) is 1.09. The molecule has 0 fully saturated rings. The second kappa shape index (κ2) is 6.94. The van der Waals surface area contributed by atoms with Gasteiger partial charge in [-0.1, -0.05) is 31.8 Å². The van der Waals surface area contributed by atoms with Crippen molar-refractivity contribution in [1.29, 1.82) is 0 Å². The van der Waals surface area contributed by atoms with Crippen LogP contribution < -0.4 is 0 Å². The van der Waals surface area contributed by atoms with Crippen LogP contribution in [0.1, 0.15) is 0 Å². The van der Waals surface area contributed by atoms with Gasteiger partial charge in [-0.3, -0.25) is 4.57 Å². The lowest BCUT2D eigenvalue weighted by Crippen LogP contribution is -2.22. The van der Waals surface area contributed by atoms with E-state index in [4.69, 9.17) is 9.72 Å². The van der Waals surface area contributed by atoms with Crippen molar-refractivity contribution in [2.75, 3.05) is 6.61 Å². The van der Waals surface area contributed by atoms with Crippen molar-refractivity contribution in [2.24, 2.45) is 0 Å². The number of rotatable bonds is 6. The zero-order valence-corrected chi connectivity index (χ0v) is 16.9. The highest BCUT2D eigenvalue weighted by atomic mass is 28.3. The molecule has 0 radical (unpaired) electrons. The van der Waals surface area contributed by atoms with Crippen molar-refractivity contribution >= 4 is 30.0 Å². The summed E-state index contributed by atoms with van der Waals surface area (Å²) in [4.78, 5) is 7.98. The molecule has 1 N–H and O–H groups in total. The molecule has 0 spiro atoms. The third-order valence-electron chi connectivity index (χ3n) is 4.76. The summed E-state index contributed by atoms with van der Waals surface area (Å²) in [6.45, 7) is 8.14. The molecule has 0 aliphatic rings. The van der Waals surface area contributed by atoms with E-state index in [-0.39, 0.29) is 5.82 Å². The van der Waals surface area contributed by atoms with Gasteiger partial charge in [0.25, 0.3) is 0 Å². The van der Waals surface area contributed by atoms with Gasteiger partial charge in [0.15, 0.2) is 0 Å². The molecule has 0 unspecified atom stereocenters. The molecule has 0 atom stereocenters. The minimum atomic E-state index is -1.15. The minimum absolute atomic E-state index is 0.279. The number of H-pyrrole nitrogens is 1. The Hall–Kier alpha value is -2.44. The summed E-state index contributed by atoms with van der Waals surface area (Å²) in [6, 6.07) is 14.0. The third-order valence-corrected chi connectivity index (χ3v) is 6.47. The lowest BCUT2D eigenvalue weighted by molar-refractivity contribution is 0.0909. The van der Waals surface area contributed by atoms with E-state index in [2.05, 4.69) is 24.6 Å². The van der Waals surface area contributed by atoms with Crippen molar-refractivity contribution in [3.8, 4) is 11.4 Å². The maximum Gasteiger partial charge on any atom is 0.143 e. The zero-order valence-electron chi connectivity index (χ0n) is 15.9. The first kappa shape index (κ1) is 17.9. The predicted octanol–water partition coefficient (Wildman–Crippen LogP) is 5.64. The smallest absolute Gasteiger partial charge is 0.143 e. The molecule has 27 heavy (non-hydrogen) atoms. The van der Waals surface area contributed by atoms with E-state index in [1.54, 1.807) is 6.07 Å². The van der Waals surface area contributed by atoms with Crippen LogP contribution in [-0.2, 0) is 11.5 Å². The fraction of sp³-hybridized carbons (Fsp3) is 0.286. The molecule has 0 amide bonds. The fourth-order valence-corrected chi connectivity index (χ4v) is 4.01. The molecular weight excluding hydrogens is 357 g/mol. The monoisotopic (exact) mass is 381 g/mol. The van der Waals surface area contributed by atoms with Gasteiger partial charge in [-0.2, -0.15) is 0 Å². The number of imidazole rings is 1. The van der Waals surface area contributed by atoms with Crippen molar-refractivity contribution < 1.29 is 9.13 Å². The number of hydrogen-bond acceptors (Lipinski definition) is 2. The number of fused-ring (bicyclic) bond motifs is 2. The molecular formula is C21H24FN3OSi. The van der Waals surface area contributed by atoms with E-state index in [0.717, 1.165) is 40.5 Å². The Morgan fingerprint density at radius 3 is 2.81 bits per heavy atom. The van der Waals surface area contributed by atoms with Crippen LogP contribution in [0.4, 0.5) is 4.39 Å².